The SMILES string of the molecule is CC(C)N(Cc1ccccc1)C(=O)C1(N)CC1. The van der Waals surface area contributed by atoms with E-state index >= 15 is 0 Å². The molecule has 2 N–H and O–H groups in total. The van der Waals surface area contributed by atoms with Crippen LogP contribution in [0, 0.1) is 0 Å². The molecule has 1 aromatic carbocycles. The smallest absolute Gasteiger partial charge is 0.243 e. The first kappa shape index (κ1) is 12.1. The molecule has 0 heterocycles. The van der Waals surface area contributed by atoms with Gasteiger partial charge in [0.15, 0.2) is 0 Å². The first-order valence-electron chi connectivity index (χ1n) is 6.17. The third-order valence-electron chi connectivity index (χ3n) is 3.29. The molecule has 1 amide bonds. The Morgan fingerprint density at radius 1 is 1.35 bits per heavy atom. The molecule has 0 unspecified atom stereocenters. The van der Waals surface area contributed by atoms with E-state index in [-0.39, 0.29) is 11.9 Å². The fourth-order valence-corrected chi connectivity index (χ4v) is 1.90. The third kappa shape index (κ3) is 2.67. The van der Waals surface area contributed by atoms with E-state index in [4.69, 9.17) is 5.73 Å². The zero-order chi connectivity index (χ0) is 12.5. The average Bonchev–Trinajstić information content (AvgIpc) is 3.06. The minimum atomic E-state index is -0.570. The van der Waals surface area contributed by atoms with E-state index in [9.17, 15) is 4.79 Å². The molecule has 0 atom stereocenters. The first-order valence-corrected chi connectivity index (χ1v) is 6.17. The molecule has 3 heteroatoms. The maximum absolute atomic E-state index is 12.3. The summed E-state index contributed by atoms with van der Waals surface area (Å²) in [4.78, 5) is 14.2. The Hall–Kier alpha value is -1.35. The standard InChI is InChI=1S/C14H20N2O/c1-11(2)16(13(17)14(15)8-9-14)10-12-6-4-3-5-7-12/h3-7,11H,8-10,15H2,1-2H3. The summed E-state index contributed by atoms with van der Waals surface area (Å²) in [5.74, 6) is 0.0938. The second kappa shape index (κ2) is 4.49. The zero-order valence-electron chi connectivity index (χ0n) is 10.5. The summed E-state index contributed by atoms with van der Waals surface area (Å²) in [6.07, 6.45) is 1.65. The number of nitrogens with zero attached hydrogens (tertiary/aromatic N) is 1. The highest BCUT2D eigenvalue weighted by Crippen LogP contribution is 2.35. The molecule has 92 valence electrons. The summed E-state index contributed by atoms with van der Waals surface area (Å²) in [5, 5.41) is 0. The van der Waals surface area contributed by atoms with Crippen LogP contribution in [0.25, 0.3) is 0 Å². The second-order valence-electron chi connectivity index (χ2n) is 5.17. The van der Waals surface area contributed by atoms with Crippen LogP contribution in [0.15, 0.2) is 30.3 Å². The van der Waals surface area contributed by atoms with Gasteiger partial charge in [0.2, 0.25) is 5.91 Å². The van der Waals surface area contributed by atoms with E-state index in [1.54, 1.807) is 0 Å². The van der Waals surface area contributed by atoms with Crippen molar-refractivity contribution >= 4 is 5.91 Å². The Morgan fingerprint density at radius 3 is 2.41 bits per heavy atom. The number of carbonyl (C=O) groups is 1. The van der Waals surface area contributed by atoms with Gasteiger partial charge in [0.25, 0.3) is 0 Å². The maximum Gasteiger partial charge on any atom is 0.243 e. The van der Waals surface area contributed by atoms with Gasteiger partial charge < -0.3 is 10.6 Å². The Bertz CT molecular complexity index is 396. The van der Waals surface area contributed by atoms with Crippen LogP contribution in [0.2, 0.25) is 0 Å². The molecular weight excluding hydrogens is 212 g/mol. The number of rotatable bonds is 4. The quantitative estimate of drug-likeness (QED) is 0.862. The lowest BCUT2D eigenvalue weighted by Crippen LogP contribution is -2.48. The van der Waals surface area contributed by atoms with Crippen LogP contribution >= 0.6 is 0 Å². The van der Waals surface area contributed by atoms with Crippen LogP contribution in [-0.4, -0.2) is 22.4 Å². The highest BCUT2D eigenvalue weighted by molar-refractivity contribution is 5.89. The van der Waals surface area contributed by atoms with Gasteiger partial charge in [-0.1, -0.05) is 30.3 Å². The Labute approximate surface area is 103 Å². The second-order valence-corrected chi connectivity index (χ2v) is 5.17. The van der Waals surface area contributed by atoms with Gasteiger partial charge in [-0.2, -0.15) is 0 Å². The van der Waals surface area contributed by atoms with Gasteiger partial charge in [-0.05, 0) is 32.3 Å². The lowest BCUT2D eigenvalue weighted by molar-refractivity contribution is -0.136. The van der Waals surface area contributed by atoms with Crippen LogP contribution in [0.4, 0.5) is 0 Å². The number of nitrogens with two attached hydrogens (primary N) is 1. The largest absolute Gasteiger partial charge is 0.334 e. The molecule has 3 nitrogen and oxygen atoms in total. The van der Waals surface area contributed by atoms with Gasteiger partial charge >= 0.3 is 0 Å². The van der Waals surface area contributed by atoms with Crippen molar-refractivity contribution in [3.63, 3.8) is 0 Å². The molecule has 0 aliphatic heterocycles. The van der Waals surface area contributed by atoms with E-state index in [1.165, 1.54) is 0 Å². The number of hydrogen-bond acceptors (Lipinski definition) is 2. The molecule has 0 radical (unpaired) electrons. The van der Waals surface area contributed by atoms with Gasteiger partial charge in [0, 0.05) is 12.6 Å². The molecule has 1 fully saturated rings. The van der Waals surface area contributed by atoms with E-state index in [0.717, 1.165) is 18.4 Å². The molecule has 17 heavy (non-hydrogen) atoms. The van der Waals surface area contributed by atoms with Crippen molar-refractivity contribution in [3.05, 3.63) is 35.9 Å². The van der Waals surface area contributed by atoms with Crippen molar-refractivity contribution < 1.29 is 4.79 Å². The Balaban J connectivity index is 2.11. The average molecular weight is 232 g/mol. The van der Waals surface area contributed by atoms with Crippen molar-refractivity contribution in [1.29, 1.82) is 0 Å². The summed E-state index contributed by atoms with van der Waals surface area (Å²) in [5.41, 5.74) is 6.57. The normalized spacial score (nSPS) is 16.9. The van der Waals surface area contributed by atoms with Gasteiger partial charge in [-0.15, -0.1) is 0 Å². The minimum absolute atomic E-state index is 0.0938. The molecular formula is C14H20N2O. The highest BCUT2D eigenvalue weighted by atomic mass is 16.2. The van der Waals surface area contributed by atoms with E-state index < -0.39 is 5.54 Å². The zero-order valence-corrected chi connectivity index (χ0v) is 10.5. The number of benzene rings is 1. The molecule has 0 aromatic heterocycles. The van der Waals surface area contributed by atoms with Crippen molar-refractivity contribution in [2.75, 3.05) is 0 Å². The van der Waals surface area contributed by atoms with Crippen LogP contribution in [0.1, 0.15) is 32.3 Å². The van der Waals surface area contributed by atoms with E-state index in [0.29, 0.717) is 6.54 Å². The summed E-state index contributed by atoms with van der Waals surface area (Å²) < 4.78 is 0. The van der Waals surface area contributed by atoms with Crippen LogP contribution in [-0.2, 0) is 11.3 Å². The van der Waals surface area contributed by atoms with E-state index in [2.05, 4.69) is 0 Å². The monoisotopic (exact) mass is 232 g/mol. The number of hydrogen-bond donors (Lipinski definition) is 1. The van der Waals surface area contributed by atoms with Crippen LogP contribution < -0.4 is 5.73 Å². The van der Waals surface area contributed by atoms with Gasteiger partial charge in [-0.3, -0.25) is 4.79 Å². The molecule has 0 spiro atoms. The van der Waals surface area contributed by atoms with Gasteiger partial charge in [0.1, 0.15) is 0 Å². The number of amides is 1. The highest BCUT2D eigenvalue weighted by Gasteiger charge is 2.48. The molecule has 1 saturated carbocycles. The minimum Gasteiger partial charge on any atom is -0.334 e. The topological polar surface area (TPSA) is 46.3 Å². The fraction of sp³-hybridized carbons (Fsp3) is 0.500. The predicted molar refractivity (Wildman–Crippen MR) is 68.3 cm³/mol. The maximum atomic E-state index is 12.3. The van der Waals surface area contributed by atoms with Gasteiger partial charge in [0.05, 0.1) is 5.54 Å². The van der Waals surface area contributed by atoms with Crippen LogP contribution in [0.3, 0.4) is 0 Å². The summed E-state index contributed by atoms with van der Waals surface area (Å²) in [7, 11) is 0. The summed E-state index contributed by atoms with van der Waals surface area (Å²) >= 11 is 0. The lowest BCUT2D eigenvalue weighted by atomic mass is 10.1. The number of carbonyl (C=O) groups excluding carboxylic acids is 1. The van der Waals surface area contributed by atoms with Crippen molar-refractivity contribution in [3.8, 4) is 0 Å². The predicted octanol–water partition coefficient (Wildman–Crippen LogP) is 1.91. The molecule has 1 aliphatic rings. The van der Waals surface area contributed by atoms with Crippen molar-refractivity contribution in [2.45, 2.75) is 44.8 Å². The lowest BCUT2D eigenvalue weighted by Gasteiger charge is -2.29. The molecule has 0 bridgehead atoms. The Kier molecular flexibility index (Phi) is 3.20. The molecule has 0 saturated heterocycles. The van der Waals surface area contributed by atoms with Crippen molar-refractivity contribution in [1.82, 2.24) is 4.90 Å². The van der Waals surface area contributed by atoms with Crippen molar-refractivity contribution in [2.24, 2.45) is 5.73 Å². The van der Waals surface area contributed by atoms with E-state index in [1.807, 2.05) is 49.1 Å². The molecule has 1 aliphatic carbocycles. The summed E-state index contributed by atoms with van der Waals surface area (Å²) in [6, 6.07) is 10.2. The molecule has 2 rings (SSSR count). The van der Waals surface area contributed by atoms with Crippen LogP contribution in [0.5, 0.6) is 0 Å². The summed E-state index contributed by atoms with van der Waals surface area (Å²) in [6.45, 7) is 4.72. The first-order chi connectivity index (χ1) is 8.03. The fourth-order valence-electron chi connectivity index (χ4n) is 1.90. The third-order valence-corrected chi connectivity index (χ3v) is 3.29. The molecule has 1 aromatic rings. The Morgan fingerprint density at radius 2 is 1.94 bits per heavy atom. The van der Waals surface area contributed by atoms with Gasteiger partial charge in [-0.25, -0.2) is 0 Å².